The third kappa shape index (κ3) is 6.94. The number of carboxylic acid groups (broad SMARTS) is 1. The van der Waals surface area contributed by atoms with Crippen LogP contribution in [0, 0.1) is 5.82 Å². The molecule has 180 valence electrons. The summed E-state index contributed by atoms with van der Waals surface area (Å²) in [7, 11) is 0. The minimum atomic E-state index is -0.809. The molecule has 0 unspecified atom stereocenters. The van der Waals surface area contributed by atoms with Gasteiger partial charge in [-0.1, -0.05) is 12.1 Å². The first-order valence-corrected chi connectivity index (χ1v) is 11.4. The third-order valence-electron chi connectivity index (χ3n) is 5.48. The zero-order chi connectivity index (χ0) is 24.5. The molecule has 1 heterocycles. The van der Waals surface area contributed by atoms with Crippen molar-refractivity contribution in [3.63, 3.8) is 0 Å². The van der Waals surface area contributed by atoms with E-state index < -0.39 is 11.8 Å². The first kappa shape index (κ1) is 25.0. The number of carbonyl (C=O) groups is 2. The Hall–Kier alpha value is -3.61. The summed E-state index contributed by atoms with van der Waals surface area (Å²) in [6.45, 7) is 4.42. The fraction of sp³-hybridized carbons (Fsp3) is 0.333. The highest BCUT2D eigenvalue weighted by Gasteiger charge is 2.21. The van der Waals surface area contributed by atoms with Crippen LogP contribution in [0.5, 0.6) is 5.75 Å². The number of furan rings is 1. The largest absolute Gasteiger partial charge is 0.493 e. The van der Waals surface area contributed by atoms with Crippen LogP contribution in [0.2, 0.25) is 0 Å². The summed E-state index contributed by atoms with van der Waals surface area (Å²) in [6, 6.07) is 15.0. The Morgan fingerprint density at radius 2 is 1.82 bits per heavy atom. The predicted molar refractivity (Wildman–Crippen MR) is 127 cm³/mol. The molecular weight excluding hydrogens is 437 g/mol. The lowest BCUT2D eigenvalue weighted by Crippen LogP contribution is -2.36. The molecule has 0 saturated carbocycles. The van der Waals surface area contributed by atoms with Gasteiger partial charge in [0.15, 0.2) is 0 Å². The van der Waals surface area contributed by atoms with E-state index in [1.807, 2.05) is 38.1 Å². The zero-order valence-electron chi connectivity index (χ0n) is 19.5. The second kappa shape index (κ2) is 12.0. The van der Waals surface area contributed by atoms with Gasteiger partial charge in [0.1, 0.15) is 17.3 Å². The van der Waals surface area contributed by atoms with Crippen LogP contribution in [0.1, 0.15) is 55.5 Å². The van der Waals surface area contributed by atoms with E-state index in [2.05, 4.69) is 0 Å². The second-order valence-corrected chi connectivity index (χ2v) is 8.39. The Bertz CT molecular complexity index is 1080. The van der Waals surface area contributed by atoms with Crippen LogP contribution in [-0.4, -0.2) is 34.5 Å². The summed E-state index contributed by atoms with van der Waals surface area (Å²) < 4.78 is 25.3. The van der Waals surface area contributed by atoms with Crippen LogP contribution in [0.15, 0.2) is 65.3 Å². The highest BCUT2D eigenvalue weighted by atomic mass is 19.1. The van der Waals surface area contributed by atoms with Gasteiger partial charge >= 0.3 is 5.97 Å². The first-order chi connectivity index (χ1) is 16.3. The SMILES string of the molecule is CC(C)N(Cc1cc(F)ccc1OCCCCCC(=O)O)C(=O)c1ccc(-c2ccco2)cc1. The van der Waals surface area contributed by atoms with Crippen molar-refractivity contribution >= 4 is 11.9 Å². The second-order valence-electron chi connectivity index (χ2n) is 8.39. The lowest BCUT2D eigenvalue weighted by Gasteiger charge is -2.28. The molecule has 1 aromatic heterocycles. The summed E-state index contributed by atoms with van der Waals surface area (Å²) in [5.41, 5.74) is 1.99. The molecule has 0 saturated heterocycles. The van der Waals surface area contributed by atoms with Gasteiger partial charge in [-0.15, -0.1) is 0 Å². The van der Waals surface area contributed by atoms with Crippen molar-refractivity contribution in [3.05, 3.63) is 77.8 Å². The number of rotatable bonds is 12. The van der Waals surface area contributed by atoms with E-state index in [0.717, 1.165) is 17.7 Å². The summed E-state index contributed by atoms with van der Waals surface area (Å²) >= 11 is 0. The topological polar surface area (TPSA) is 80.0 Å². The predicted octanol–water partition coefficient (Wildman–Crippen LogP) is 6.16. The number of benzene rings is 2. The minimum Gasteiger partial charge on any atom is -0.493 e. The molecule has 0 fully saturated rings. The molecule has 3 rings (SSSR count). The van der Waals surface area contributed by atoms with Crippen molar-refractivity contribution < 1.29 is 28.2 Å². The van der Waals surface area contributed by atoms with E-state index in [9.17, 15) is 14.0 Å². The van der Waals surface area contributed by atoms with Crippen molar-refractivity contribution in [2.45, 2.75) is 52.1 Å². The zero-order valence-corrected chi connectivity index (χ0v) is 19.5. The van der Waals surface area contributed by atoms with E-state index in [0.29, 0.717) is 36.3 Å². The summed E-state index contributed by atoms with van der Waals surface area (Å²) in [4.78, 5) is 25.6. The van der Waals surface area contributed by atoms with Gasteiger partial charge in [-0.3, -0.25) is 9.59 Å². The molecule has 0 aliphatic carbocycles. The number of unbranched alkanes of at least 4 members (excludes halogenated alkanes) is 2. The molecule has 0 aliphatic rings. The third-order valence-corrected chi connectivity index (χ3v) is 5.48. The molecule has 0 spiro atoms. The highest BCUT2D eigenvalue weighted by molar-refractivity contribution is 5.94. The van der Waals surface area contributed by atoms with Crippen molar-refractivity contribution in [1.29, 1.82) is 0 Å². The smallest absolute Gasteiger partial charge is 0.303 e. The Balaban J connectivity index is 1.69. The molecule has 0 bridgehead atoms. The molecule has 6 nitrogen and oxygen atoms in total. The van der Waals surface area contributed by atoms with Gasteiger partial charge in [0.2, 0.25) is 0 Å². The standard InChI is InChI=1S/C27H30FNO5/c1-19(2)29(27(32)21-11-9-20(10-12-21)24-7-6-16-34-24)18-22-17-23(28)13-14-25(22)33-15-5-3-4-8-26(30)31/h6-7,9-14,16-17,19H,3-5,8,15,18H2,1-2H3,(H,30,31). The van der Waals surface area contributed by atoms with Gasteiger partial charge in [-0.2, -0.15) is 0 Å². The monoisotopic (exact) mass is 467 g/mol. The van der Waals surface area contributed by atoms with Crippen molar-refractivity contribution in [2.75, 3.05) is 6.61 Å². The summed E-state index contributed by atoms with van der Waals surface area (Å²) in [6.07, 6.45) is 3.75. The van der Waals surface area contributed by atoms with Gasteiger partial charge in [-0.25, -0.2) is 4.39 Å². The van der Waals surface area contributed by atoms with Gasteiger partial charge in [-0.05, 0) is 75.6 Å². The molecule has 2 aromatic carbocycles. The van der Waals surface area contributed by atoms with E-state index in [4.69, 9.17) is 14.3 Å². The van der Waals surface area contributed by atoms with Crippen molar-refractivity contribution in [1.82, 2.24) is 4.90 Å². The highest BCUT2D eigenvalue weighted by Crippen LogP contribution is 2.25. The number of aliphatic carboxylic acids is 1. The molecule has 34 heavy (non-hydrogen) atoms. The van der Waals surface area contributed by atoms with Crippen LogP contribution in [0.3, 0.4) is 0 Å². The molecular formula is C27H30FNO5. The van der Waals surface area contributed by atoms with Crippen LogP contribution >= 0.6 is 0 Å². The number of carboxylic acids is 1. The molecule has 7 heteroatoms. The fourth-order valence-electron chi connectivity index (χ4n) is 3.61. The van der Waals surface area contributed by atoms with Crippen molar-refractivity contribution in [3.8, 4) is 17.1 Å². The molecule has 0 atom stereocenters. The van der Waals surface area contributed by atoms with Crippen LogP contribution in [0.4, 0.5) is 4.39 Å². The van der Waals surface area contributed by atoms with Gasteiger partial charge in [0.25, 0.3) is 5.91 Å². The van der Waals surface area contributed by atoms with Gasteiger partial charge in [0, 0.05) is 35.7 Å². The Labute approximate surface area is 199 Å². The van der Waals surface area contributed by atoms with Crippen LogP contribution < -0.4 is 4.74 Å². The molecule has 1 N–H and O–H groups in total. The van der Waals surface area contributed by atoms with Gasteiger partial charge in [0.05, 0.1) is 12.9 Å². The Morgan fingerprint density at radius 3 is 2.47 bits per heavy atom. The van der Waals surface area contributed by atoms with E-state index >= 15 is 0 Å². The van der Waals surface area contributed by atoms with E-state index in [1.165, 1.54) is 12.1 Å². The lowest BCUT2D eigenvalue weighted by atomic mass is 10.1. The quantitative estimate of drug-likeness (QED) is 0.323. The molecule has 3 aromatic rings. The fourth-order valence-corrected chi connectivity index (χ4v) is 3.61. The average Bonchev–Trinajstić information content (AvgIpc) is 3.35. The number of hydrogen-bond donors (Lipinski definition) is 1. The summed E-state index contributed by atoms with van der Waals surface area (Å²) in [5, 5.41) is 8.72. The van der Waals surface area contributed by atoms with E-state index in [1.54, 1.807) is 29.4 Å². The van der Waals surface area contributed by atoms with Gasteiger partial charge < -0.3 is 19.2 Å². The average molecular weight is 468 g/mol. The minimum absolute atomic E-state index is 0.121. The molecule has 0 radical (unpaired) electrons. The van der Waals surface area contributed by atoms with Crippen LogP contribution in [-0.2, 0) is 11.3 Å². The number of ether oxygens (including phenoxy) is 1. The Kier molecular flexibility index (Phi) is 8.85. The maximum absolute atomic E-state index is 14.0. The van der Waals surface area contributed by atoms with Crippen LogP contribution in [0.25, 0.3) is 11.3 Å². The maximum atomic E-state index is 14.0. The number of carbonyl (C=O) groups excluding carboxylic acids is 1. The van der Waals surface area contributed by atoms with E-state index in [-0.39, 0.29) is 24.9 Å². The lowest BCUT2D eigenvalue weighted by molar-refractivity contribution is -0.137. The number of hydrogen-bond acceptors (Lipinski definition) is 4. The number of halogens is 1. The molecule has 1 amide bonds. The van der Waals surface area contributed by atoms with Crippen molar-refractivity contribution in [2.24, 2.45) is 0 Å². The number of nitrogens with zero attached hydrogens (tertiary/aromatic N) is 1. The normalized spacial score (nSPS) is 10.9. The Morgan fingerprint density at radius 1 is 1.06 bits per heavy atom. The maximum Gasteiger partial charge on any atom is 0.303 e. The summed E-state index contributed by atoms with van der Waals surface area (Å²) in [5.74, 6) is -0.126. The first-order valence-electron chi connectivity index (χ1n) is 11.4. The molecule has 0 aliphatic heterocycles. The number of amides is 1.